The summed E-state index contributed by atoms with van der Waals surface area (Å²) in [5.74, 6) is -0.386. The van der Waals surface area contributed by atoms with Gasteiger partial charge in [0.05, 0.1) is 5.57 Å². The van der Waals surface area contributed by atoms with Crippen molar-refractivity contribution in [2.75, 3.05) is 6.26 Å². The molecule has 0 saturated heterocycles. The first-order valence-electron chi connectivity index (χ1n) is 4.92. The van der Waals surface area contributed by atoms with Gasteiger partial charge in [-0.1, -0.05) is 12.1 Å². The molecule has 0 bridgehead atoms. The maximum absolute atomic E-state index is 11.2. The van der Waals surface area contributed by atoms with Crippen LogP contribution in [0.3, 0.4) is 0 Å². The van der Waals surface area contributed by atoms with E-state index in [1.54, 1.807) is 17.8 Å². The first-order chi connectivity index (χ1) is 7.54. The Labute approximate surface area is 99.7 Å². The second kappa shape index (κ2) is 5.66. The maximum atomic E-state index is 11.2. The molecule has 0 heterocycles. The van der Waals surface area contributed by atoms with Gasteiger partial charge < -0.3 is 0 Å². The molecule has 16 heavy (non-hydrogen) atoms. The number of ketones is 2. The van der Waals surface area contributed by atoms with Crippen molar-refractivity contribution < 1.29 is 9.59 Å². The molecule has 0 aliphatic heterocycles. The largest absolute Gasteiger partial charge is 0.294 e. The lowest BCUT2D eigenvalue weighted by Crippen LogP contribution is -2.05. The summed E-state index contributed by atoms with van der Waals surface area (Å²) in [6.45, 7) is 2.81. The van der Waals surface area contributed by atoms with Gasteiger partial charge in [0.25, 0.3) is 0 Å². The summed E-state index contributed by atoms with van der Waals surface area (Å²) in [7, 11) is 0. The van der Waals surface area contributed by atoms with E-state index in [0.29, 0.717) is 0 Å². The highest BCUT2D eigenvalue weighted by atomic mass is 32.2. The quantitative estimate of drug-likeness (QED) is 0.347. The maximum Gasteiger partial charge on any atom is 0.163 e. The van der Waals surface area contributed by atoms with E-state index in [-0.39, 0.29) is 17.1 Å². The van der Waals surface area contributed by atoms with Gasteiger partial charge in [0, 0.05) is 4.90 Å². The number of allylic oxidation sites excluding steroid dienone is 1. The van der Waals surface area contributed by atoms with Gasteiger partial charge in [0.15, 0.2) is 11.6 Å². The van der Waals surface area contributed by atoms with Crippen molar-refractivity contribution in [1.29, 1.82) is 0 Å². The summed E-state index contributed by atoms with van der Waals surface area (Å²) < 4.78 is 0. The van der Waals surface area contributed by atoms with Gasteiger partial charge in [-0.2, -0.15) is 0 Å². The lowest BCUT2D eigenvalue weighted by molar-refractivity contribution is -0.119. The van der Waals surface area contributed by atoms with Crippen LogP contribution in [0.1, 0.15) is 19.4 Å². The summed E-state index contributed by atoms with van der Waals surface area (Å²) in [5.41, 5.74) is 1.12. The molecular formula is C13H14O2S. The Morgan fingerprint density at radius 2 is 1.56 bits per heavy atom. The minimum absolute atomic E-state index is 0.193. The van der Waals surface area contributed by atoms with E-state index in [1.165, 1.54) is 13.8 Å². The predicted molar refractivity (Wildman–Crippen MR) is 67.6 cm³/mol. The van der Waals surface area contributed by atoms with Gasteiger partial charge in [0.2, 0.25) is 0 Å². The molecule has 0 atom stereocenters. The lowest BCUT2D eigenvalue weighted by Gasteiger charge is -2.00. The number of carbonyl (C=O) groups excluding carboxylic acids is 2. The zero-order chi connectivity index (χ0) is 12.1. The Kier molecular flexibility index (Phi) is 4.50. The first kappa shape index (κ1) is 12.7. The van der Waals surface area contributed by atoms with Crippen LogP contribution in [-0.2, 0) is 9.59 Å². The Morgan fingerprint density at radius 1 is 1.06 bits per heavy atom. The molecule has 1 aromatic carbocycles. The fourth-order valence-electron chi connectivity index (χ4n) is 1.32. The van der Waals surface area contributed by atoms with Crippen LogP contribution in [0, 0.1) is 0 Å². The molecule has 1 rings (SSSR count). The van der Waals surface area contributed by atoms with Crippen LogP contribution in [0.5, 0.6) is 0 Å². The van der Waals surface area contributed by atoms with Crippen molar-refractivity contribution in [3.05, 3.63) is 35.4 Å². The molecule has 0 radical (unpaired) electrons. The summed E-state index contributed by atoms with van der Waals surface area (Å²) in [6, 6.07) is 7.73. The smallest absolute Gasteiger partial charge is 0.163 e. The van der Waals surface area contributed by atoms with Crippen molar-refractivity contribution in [2.24, 2.45) is 0 Å². The van der Waals surface area contributed by atoms with Gasteiger partial charge in [-0.25, -0.2) is 0 Å². The normalized spacial score (nSPS) is 9.69. The fraction of sp³-hybridized carbons (Fsp3) is 0.231. The highest BCUT2D eigenvalue weighted by Gasteiger charge is 2.08. The number of rotatable bonds is 4. The molecule has 0 unspecified atom stereocenters. The topological polar surface area (TPSA) is 34.1 Å². The van der Waals surface area contributed by atoms with E-state index in [1.807, 2.05) is 30.5 Å². The van der Waals surface area contributed by atoms with Crippen LogP contribution in [0.25, 0.3) is 6.08 Å². The van der Waals surface area contributed by atoms with E-state index in [9.17, 15) is 9.59 Å². The van der Waals surface area contributed by atoms with Crippen molar-refractivity contribution in [2.45, 2.75) is 18.7 Å². The molecule has 0 aliphatic carbocycles. The number of carbonyl (C=O) groups is 2. The molecule has 1 aromatic rings. The fourth-order valence-corrected chi connectivity index (χ4v) is 1.73. The van der Waals surface area contributed by atoms with Crippen molar-refractivity contribution >= 4 is 29.4 Å². The first-order valence-corrected chi connectivity index (χ1v) is 6.14. The molecule has 3 heteroatoms. The zero-order valence-electron chi connectivity index (χ0n) is 9.61. The van der Waals surface area contributed by atoms with E-state index in [4.69, 9.17) is 0 Å². The van der Waals surface area contributed by atoms with Gasteiger partial charge >= 0.3 is 0 Å². The molecule has 0 spiro atoms. The zero-order valence-corrected chi connectivity index (χ0v) is 10.4. The van der Waals surface area contributed by atoms with Crippen molar-refractivity contribution in [3.8, 4) is 0 Å². The molecule has 0 aliphatic rings. The van der Waals surface area contributed by atoms with Crippen molar-refractivity contribution in [1.82, 2.24) is 0 Å². The summed E-state index contributed by atoms with van der Waals surface area (Å²) in [4.78, 5) is 23.6. The number of thioether (sulfide) groups is 1. The van der Waals surface area contributed by atoms with Crippen LogP contribution in [0.4, 0.5) is 0 Å². The van der Waals surface area contributed by atoms with E-state index < -0.39 is 0 Å². The van der Waals surface area contributed by atoms with Crippen LogP contribution in [-0.4, -0.2) is 17.8 Å². The number of hydrogen-bond acceptors (Lipinski definition) is 3. The molecule has 0 fully saturated rings. The number of benzene rings is 1. The Hall–Kier alpha value is -1.35. The minimum Gasteiger partial charge on any atom is -0.294 e. The third-order valence-electron chi connectivity index (χ3n) is 2.19. The van der Waals surface area contributed by atoms with E-state index >= 15 is 0 Å². The number of hydrogen-bond donors (Lipinski definition) is 0. The average Bonchev–Trinajstić information content (AvgIpc) is 2.25. The minimum atomic E-state index is -0.193. The highest BCUT2D eigenvalue weighted by molar-refractivity contribution is 7.98. The molecule has 0 saturated carbocycles. The van der Waals surface area contributed by atoms with Gasteiger partial charge in [-0.3, -0.25) is 9.59 Å². The van der Waals surface area contributed by atoms with Crippen molar-refractivity contribution in [3.63, 3.8) is 0 Å². The summed E-state index contributed by atoms with van der Waals surface area (Å²) in [5, 5.41) is 0. The molecule has 0 aromatic heterocycles. The van der Waals surface area contributed by atoms with Gasteiger partial charge in [-0.05, 0) is 43.9 Å². The molecule has 84 valence electrons. The lowest BCUT2D eigenvalue weighted by atomic mass is 10.0. The summed E-state index contributed by atoms with van der Waals surface area (Å²) in [6.07, 6.45) is 3.64. The summed E-state index contributed by atoms with van der Waals surface area (Å²) >= 11 is 1.65. The Bertz CT molecular complexity index is 414. The van der Waals surface area contributed by atoms with Crippen LogP contribution >= 0.6 is 11.8 Å². The van der Waals surface area contributed by atoms with E-state index in [0.717, 1.165) is 10.5 Å². The molecule has 2 nitrogen and oxygen atoms in total. The number of Topliss-reactive ketones (excluding diaryl/α,β-unsaturated/α-hetero) is 2. The van der Waals surface area contributed by atoms with Crippen LogP contribution in [0.15, 0.2) is 34.7 Å². The monoisotopic (exact) mass is 234 g/mol. The van der Waals surface area contributed by atoms with Gasteiger partial charge in [0.1, 0.15) is 0 Å². The Balaban J connectivity index is 3.04. The molecule has 0 amide bonds. The van der Waals surface area contributed by atoms with E-state index in [2.05, 4.69) is 0 Å². The predicted octanol–water partition coefficient (Wildman–Crippen LogP) is 2.97. The van der Waals surface area contributed by atoms with Crippen LogP contribution in [0.2, 0.25) is 0 Å². The molecule has 0 N–H and O–H groups in total. The highest BCUT2D eigenvalue weighted by Crippen LogP contribution is 2.16. The SMILES string of the molecule is CSc1ccc(C=C(C(C)=O)C(C)=O)cc1. The third-order valence-corrected chi connectivity index (χ3v) is 2.93. The second-order valence-corrected chi connectivity index (χ2v) is 4.32. The Morgan fingerprint density at radius 3 is 1.94 bits per heavy atom. The second-order valence-electron chi connectivity index (χ2n) is 3.44. The standard InChI is InChI=1S/C13H14O2S/c1-9(14)13(10(2)15)8-11-4-6-12(16-3)7-5-11/h4-8H,1-3H3. The molecular weight excluding hydrogens is 220 g/mol. The van der Waals surface area contributed by atoms with Crippen LogP contribution < -0.4 is 0 Å². The average molecular weight is 234 g/mol. The van der Waals surface area contributed by atoms with Gasteiger partial charge in [-0.15, -0.1) is 11.8 Å². The third kappa shape index (κ3) is 3.35.